The van der Waals surface area contributed by atoms with Crippen molar-refractivity contribution in [3.63, 3.8) is 0 Å². The molecule has 3 aromatic carbocycles. The van der Waals surface area contributed by atoms with Crippen LogP contribution in [0.4, 0.5) is 5.69 Å². The number of rotatable bonds is 6. The molecule has 7 heteroatoms. The summed E-state index contributed by atoms with van der Waals surface area (Å²) in [6, 6.07) is 22.8. The lowest BCUT2D eigenvalue weighted by Gasteiger charge is -2.37. The predicted octanol–water partition coefficient (Wildman–Crippen LogP) is 4.30. The molecule has 6 nitrogen and oxygen atoms in total. The smallest absolute Gasteiger partial charge is 0.243 e. The van der Waals surface area contributed by atoms with E-state index < -0.39 is 10.0 Å². The van der Waals surface area contributed by atoms with Gasteiger partial charge in [-0.3, -0.25) is 9.69 Å². The molecule has 1 N–H and O–H groups in total. The van der Waals surface area contributed by atoms with Crippen LogP contribution in [0.2, 0.25) is 0 Å². The van der Waals surface area contributed by atoms with Gasteiger partial charge in [-0.1, -0.05) is 60.7 Å². The number of carbonyl (C=O) groups excluding carboxylic acids is 1. The van der Waals surface area contributed by atoms with E-state index in [4.69, 9.17) is 0 Å². The zero-order chi connectivity index (χ0) is 24.3. The molecule has 0 saturated carbocycles. The molecule has 0 aliphatic carbocycles. The average Bonchev–Trinajstić information content (AvgIpc) is 2.86. The Kier molecular flexibility index (Phi) is 7.16. The van der Waals surface area contributed by atoms with Crippen LogP contribution in [-0.4, -0.2) is 55.8 Å². The number of aryl methyl sites for hydroxylation is 2. The fourth-order valence-corrected chi connectivity index (χ4v) is 6.05. The van der Waals surface area contributed by atoms with E-state index in [-0.39, 0.29) is 11.9 Å². The summed E-state index contributed by atoms with van der Waals surface area (Å²) >= 11 is 0. The first-order chi connectivity index (χ1) is 16.3. The summed E-state index contributed by atoms with van der Waals surface area (Å²) in [7, 11) is -3.56. The van der Waals surface area contributed by atoms with Crippen molar-refractivity contribution >= 4 is 21.6 Å². The fraction of sp³-hybridized carbons (Fsp3) is 0.296. The van der Waals surface area contributed by atoms with E-state index in [0.29, 0.717) is 31.1 Å². The molecule has 0 aromatic heterocycles. The van der Waals surface area contributed by atoms with Gasteiger partial charge in [-0.2, -0.15) is 4.31 Å². The number of benzene rings is 3. The molecule has 1 fully saturated rings. The Labute approximate surface area is 202 Å². The van der Waals surface area contributed by atoms with Crippen LogP contribution in [0.25, 0.3) is 11.1 Å². The second-order valence-corrected chi connectivity index (χ2v) is 10.7. The zero-order valence-corrected chi connectivity index (χ0v) is 20.7. The predicted molar refractivity (Wildman–Crippen MR) is 136 cm³/mol. The Morgan fingerprint density at radius 1 is 0.882 bits per heavy atom. The van der Waals surface area contributed by atoms with Gasteiger partial charge in [0.2, 0.25) is 15.9 Å². The molecule has 178 valence electrons. The third-order valence-electron chi connectivity index (χ3n) is 6.43. The molecule has 34 heavy (non-hydrogen) atoms. The molecule has 0 radical (unpaired) electrons. The van der Waals surface area contributed by atoms with Crippen molar-refractivity contribution in [1.29, 1.82) is 0 Å². The van der Waals surface area contributed by atoms with Gasteiger partial charge in [0.1, 0.15) is 0 Å². The first kappa shape index (κ1) is 24.1. The summed E-state index contributed by atoms with van der Waals surface area (Å²) in [6.45, 7) is 7.30. The van der Waals surface area contributed by atoms with E-state index in [0.717, 1.165) is 27.9 Å². The lowest BCUT2D eigenvalue weighted by Crippen LogP contribution is -2.54. The summed E-state index contributed by atoms with van der Waals surface area (Å²) in [5.74, 6) is -0.103. The second kappa shape index (κ2) is 10.1. The highest BCUT2D eigenvalue weighted by atomic mass is 32.2. The third-order valence-corrected chi connectivity index (χ3v) is 8.47. The highest BCUT2D eigenvalue weighted by molar-refractivity contribution is 7.89. The van der Waals surface area contributed by atoms with Crippen molar-refractivity contribution in [2.24, 2.45) is 0 Å². The molecule has 1 atom stereocenters. The maximum absolute atomic E-state index is 13.2. The van der Waals surface area contributed by atoms with Crippen LogP contribution in [0.15, 0.2) is 77.7 Å². The van der Waals surface area contributed by atoms with Crippen molar-refractivity contribution in [1.82, 2.24) is 9.21 Å². The number of para-hydroxylation sites is 1. The van der Waals surface area contributed by atoms with Crippen LogP contribution in [0.3, 0.4) is 0 Å². The first-order valence-electron chi connectivity index (χ1n) is 11.5. The van der Waals surface area contributed by atoms with Crippen LogP contribution >= 0.6 is 0 Å². The minimum atomic E-state index is -3.56. The fourth-order valence-electron chi connectivity index (χ4n) is 4.32. The normalized spacial score (nSPS) is 16.2. The summed E-state index contributed by atoms with van der Waals surface area (Å²) in [4.78, 5) is 15.5. The molecule has 4 rings (SSSR count). The summed E-state index contributed by atoms with van der Waals surface area (Å²) < 4.78 is 28.0. The Morgan fingerprint density at radius 3 is 2.24 bits per heavy atom. The summed E-state index contributed by atoms with van der Waals surface area (Å²) in [5.41, 5.74) is 4.44. The molecule has 3 aromatic rings. The molecule has 0 unspecified atom stereocenters. The van der Waals surface area contributed by atoms with E-state index >= 15 is 0 Å². The summed E-state index contributed by atoms with van der Waals surface area (Å²) in [5, 5.41) is 3.07. The van der Waals surface area contributed by atoms with Crippen LogP contribution in [0, 0.1) is 13.8 Å². The van der Waals surface area contributed by atoms with Crippen LogP contribution < -0.4 is 5.32 Å². The number of piperazine rings is 1. The topological polar surface area (TPSA) is 69.7 Å². The standard InChI is InChI=1S/C27H31N3O3S/c1-20-13-14-21(2)26(19-20)34(32,33)30-17-15-29(16-18-30)22(3)27(31)28-25-12-8-7-11-24(25)23-9-5-4-6-10-23/h4-14,19,22H,15-18H2,1-3H3,(H,28,31)/t22-/m0/s1. The van der Waals surface area contributed by atoms with E-state index in [1.54, 1.807) is 6.07 Å². The number of anilines is 1. The number of sulfonamides is 1. The van der Waals surface area contributed by atoms with Gasteiger partial charge < -0.3 is 5.32 Å². The van der Waals surface area contributed by atoms with E-state index in [1.807, 2.05) is 92.4 Å². The van der Waals surface area contributed by atoms with Gasteiger partial charge in [0.25, 0.3) is 0 Å². The van der Waals surface area contributed by atoms with Crippen molar-refractivity contribution in [2.45, 2.75) is 31.7 Å². The van der Waals surface area contributed by atoms with Gasteiger partial charge in [0.15, 0.2) is 0 Å². The third kappa shape index (κ3) is 5.06. The molecule has 0 spiro atoms. The highest BCUT2D eigenvalue weighted by Gasteiger charge is 2.32. The molecule has 1 aliphatic rings. The number of carbonyl (C=O) groups is 1. The van der Waals surface area contributed by atoms with Crippen molar-refractivity contribution in [3.8, 4) is 11.1 Å². The SMILES string of the molecule is Cc1ccc(C)c(S(=O)(=O)N2CCN([C@@H](C)C(=O)Nc3ccccc3-c3ccccc3)CC2)c1. The lowest BCUT2D eigenvalue weighted by atomic mass is 10.0. The molecule has 0 bridgehead atoms. The molecule has 1 saturated heterocycles. The number of hydrogen-bond donors (Lipinski definition) is 1. The molecular weight excluding hydrogens is 446 g/mol. The Hall–Kier alpha value is -3.00. The van der Waals surface area contributed by atoms with E-state index in [1.165, 1.54) is 4.31 Å². The number of hydrogen-bond acceptors (Lipinski definition) is 4. The number of amides is 1. The van der Waals surface area contributed by atoms with Crippen LogP contribution in [0.5, 0.6) is 0 Å². The lowest BCUT2D eigenvalue weighted by molar-refractivity contribution is -0.121. The molecular formula is C27H31N3O3S. The van der Waals surface area contributed by atoms with Gasteiger partial charge in [-0.25, -0.2) is 8.42 Å². The maximum Gasteiger partial charge on any atom is 0.243 e. The van der Waals surface area contributed by atoms with Crippen molar-refractivity contribution < 1.29 is 13.2 Å². The Balaban J connectivity index is 1.42. The van der Waals surface area contributed by atoms with E-state index in [2.05, 4.69) is 5.32 Å². The number of nitrogens with zero attached hydrogens (tertiary/aromatic N) is 2. The highest BCUT2D eigenvalue weighted by Crippen LogP contribution is 2.28. The van der Waals surface area contributed by atoms with Crippen molar-refractivity contribution in [2.75, 3.05) is 31.5 Å². The Morgan fingerprint density at radius 2 is 1.53 bits per heavy atom. The van der Waals surface area contributed by atoms with Crippen LogP contribution in [0.1, 0.15) is 18.1 Å². The molecule has 1 heterocycles. The minimum Gasteiger partial charge on any atom is -0.324 e. The van der Waals surface area contributed by atoms with Gasteiger partial charge >= 0.3 is 0 Å². The van der Waals surface area contributed by atoms with Crippen molar-refractivity contribution in [3.05, 3.63) is 83.9 Å². The second-order valence-electron chi connectivity index (χ2n) is 8.79. The van der Waals surface area contributed by atoms with Gasteiger partial charge in [0.05, 0.1) is 10.9 Å². The molecule has 1 aliphatic heterocycles. The van der Waals surface area contributed by atoms with Crippen LogP contribution in [-0.2, 0) is 14.8 Å². The first-order valence-corrected chi connectivity index (χ1v) is 13.0. The maximum atomic E-state index is 13.2. The monoisotopic (exact) mass is 477 g/mol. The number of nitrogens with one attached hydrogen (secondary N) is 1. The average molecular weight is 478 g/mol. The largest absolute Gasteiger partial charge is 0.324 e. The van der Waals surface area contributed by atoms with Gasteiger partial charge in [-0.05, 0) is 49.6 Å². The van der Waals surface area contributed by atoms with E-state index in [9.17, 15) is 13.2 Å². The Bertz CT molecular complexity index is 1270. The summed E-state index contributed by atoms with van der Waals surface area (Å²) in [6.07, 6.45) is 0. The minimum absolute atomic E-state index is 0.103. The van der Waals surface area contributed by atoms with Gasteiger partial charge in [0, 0.05) is 37.4 Å². The van der Waals surface area contributed by atoms with Gasteiger partial charge in [-0.15, -0.1) is 0 Å². The zero-order valence-electron chi connectivity index (χ0n) is 19.9. The quantitative estimate of drug-likeness (QED) is 0.575. The molecule has 1 amide bonds.